The molecule has 1 N–H and O–H groups in total. The largest absolute Gasteiger partial charge is 0.348 e. The molecule has 2 aromatic heterocycles. The van der Waals surface area contributed by atoms with Crippen molar-refractivity contribution >= 4 is 16.8 Å². The summed E-state index contributed by atoms with van der Waals surface area (Å²) in [6.07, 6.45) is 3.39. The highest BCUT2D eigenvalue weighted by Crippen LogP contribution is 2.24. The lowest BCUT2D eigenvalue weighted by atomic mass is 10.0. The second-order valence-electron chi connectivity index (χ2n) is 6.49. The third kappa shape index (κ3) is 3.70. The molecule has 0 atom stereocenters. The SMILES string of the molecule is Cc1cccc(CNC(=O)c2cc(-c3ccccc3)nc3ccncc23)c1. The van der Waals surface area contributed by atoms with Gasteiger partial charge in [-0.05, 0) is 24.6 Å². The van der Waals surface area contributed by atoms with E-state index < -0.39 is 0 Å². The van der Waals surface area contributed by atoms with E-state index in [1.54, 1.807) is 12.4 Å². The molecule has 4 rings (SSSR count). The third-order valence-corrected chi connectivity index (χ3v) is 4.46. The molecular weight excluding hydrogens is 334 g/mol. The second kappa shape index (κ2) is 7.38. The molecule has 0 saturated carbocycles. The van der Waals surface area contributed by atoms with Gasteiger partial charge < -0.3 is 5.32 Å². The molecule has 0 saturated heterocycles. The summed E-state index contributed by atoms with van der Waals surface area (Å²) in [4.78, 5) is 21.8. The molecular formula is C23H19N3O. The van der Waals surface area contributed by atoms with Crippen LogP contribution in [0.3, 0.4) is 0 Å². The van der Waals surface area contributed by atoms with E-state index in [0.29, 0.717) is 12.1 Å². The zero-order valence-corrected chi connectivity index (χ0v) is 15.0. The van der Waals surface area contributed by atoms with Crippen LogP contribution in [0.5, 0.6) is 0 Å². The smallest absolute Gasteiger partial charge is 0.252 e. The van der Waals surface area contributed by atoms with Gasteiger partial charge >= 0.3 is 0 Å². The molecule has 0 aliphatic carbocycles. The summed E-state index contributed by atoms with van der Waals surface area (Å²) in [5.41, 5.74) is 5.33. The number of carbonyl (C=O) groups excluding carboxylic acids is 1. The number of amides is 1. The highest BCUT2D eigenvalue weighted by Gasteiger charge is 2.14. The minimum atomic E-state index is -0.130. The zero-order valence-electron chi connectivity index (χ0n) is 15.0. The minimum Gasteiger partial charge on any atom is -0.348 e. The van der Waals surface area contributed by atoms with Crippen molar-refractivity contribution in [3.63, 3.8) is 0 Å². The lowest BCUT2D eigenvalue weighted by Gasteiger charge is -2.11. The summed E-state index contributed by atoms with van der Waals surface area (Å²) < 4.78 is 0. The van der Waals surface area contributed by atoms with Crippen LogP contribution in [0.4, 0.5) is 0 Å². The molecule has 0 aliphatic rings. The molecule has 2 aromatic carbocycles. The van der Waals surface area contributed by atoms with E-state index in [9.17, 15) is 4.79 Å². The number of benzene rings is 2. The van der Waals surface area contributed by atoms with E-state index in [-0.39, 0.29) is 5.91 Å². The number of aryl methyl sites for hydroxylation is 1. The molecule has 0 bridgehead atoms. The summed E-state index contributed by atoms with van der Waals surface area (Å²) in [5, 5.41) is 3.77. The summed E-state index contributed by atoms with van der Waals surface area (Å²) in [6, 6.07) is 21.7. The van der Waals surface area contributed by atoms with Crippen molar-refractivity contribution in [3.05, 3.63) is 95.8 Å². The Hall–Kier alpha value is -3.53. The first-order valence-corrected chi connectivity index (χ1v) is 8.84. The first kappa shape index (κ1) is 16.9. The number of fused-ring (bicyclic) bond motifs is 1. The van der Waals surface area contributed by atoms with Crippen LogP contribution in [-0.2, 0) is 6.54 Å². The highest BCUT2D eigenvalue weighted by atomic mass is 16.1. The van der Waals surface area contributed by atoms with E-state index in [1.165, 1.54) is 5.56 Å². The van der Waals surface area contributed by atoms with Crippen LogP contribution in [0, 0.1) is 6.92 Å². The molecule has 0 spiro atoms. The van der Waals surface area contributed by atoms with Gasteiger partial charge in [-0.3, -0.25) is 9.78 Å². The molecule has 0 aliphatic heterocycles. The van der Waals surface area contributed by atoms with Gasteiger partial charge in [-0.15, -0.1) is 0 Å². The Morgan fingerprint density at radius 1 is 1.00 bits per heavy atom. The van der Waals surface area contributed by atoms with Crippen molar-refractivity contribution in [3.8, 4) is 11.3 Å². The zero-order chi connectivity index (χ0) is 18.6. The molecule has 4 nitrogen and oxygen atoms in total. The van der Waals surface area contributed by atoms with Crippen molar-refractivity contribution in [1.82, 2.24) is 15.3 Å². The fraction of sp³-hybridized carbons (Fsp3) is 0.0870. The standard InChI is InChI=1S/C23H19N3O/c1-16-6-5-7-17(12-16)14-25-23(27)19-13-22(18-8-3-2-4-9-18)26-21-10-11-24-15-20(19)21/h2-13,15H,14H2,1H3,(H,25,27). The molecule has 2 heterocycles. The molecule has 0 radical (unpaired) electrons. The maximum absolute atomic E-state index is 12.9. The lowest BCUT2D eigenvalue weighted by Crippen LogP contribution is -2.23. The molecule has 27 heavy (non-hydrogen) atoms. The Morgan fingerprint density at radius 3 is 2.67 bits per heavy atom. The van der Waals surface area contributed by atoms with Crippen LogP contribution in [0.15, 0.2) is 79.1 Å². The molecule has 0 unspecified atom stereocenters. The molecule has 4 heteroatoms. The average molecular weight is 353 g/mol. The number of pyridine rings is 2. The number of nitrogens with one attached hydrogen (secondary N) is 1. The normalized spacial score (nSPS) is 10.7. The predicted molar refractivity (Wildman–Crippen MR) is 107 cm³/mol. The third-order valence-electron chi connectivity index (χ3n) is 4.46. The van der Waals surface area contributed by atoms with Crippen LogP contribution in [0.1, 0.15) is 21.5 Å². The van der Waals surface area contributed by atoms with Gasteiger partial charge in [0.2, 0.25) is 0 Å². The van der Waals surface area contributed by atoms with E-state index in [2.05, 4.69) is 16.4 Å². The number of hydrogen-bond acceptors (Lipinski definition) is 3. The van der Waals surface area contributed by atoms with E-state index in [0.717, 1.165) is 27.7 Å². The number of hydrogen-bond donors (Lipinski definition) is 1. The van der Waals surface area contributed by atoms with Crippen LogP contribution in [0.25, 0.3) is 22.2 Å². The van der Waals surface area contributed by atoms with Crippen molar-refractivity contribution in [1.29, 1.82) is 0 Å². The quantitative estimate of drug-likeness (QED) is 0.586. The van der Waals surface area contributed by atoms with Gasteiger partial charge in [0.15, 0.2) is 0 Å². The highest BCUT2D eigenvalue weighted by molar-refractivity contribution is 6.06. The van der Waals surface area contributed by atoms with E-state index >= 15 is 0 Å². The Labute approximate surface area is 157 Å². The maximum Gasteiger partial charge on any atom is 0.252 e. The van der Waals surface area contributed by atoms with Gasteiger partial charge in [-0.25, -0.2) is 4.98 Å². The molecule has 1 amide bonds. The summed E-state index contributed by atoms with van der Waals surface area (Å²) >= 11 is 0. The Morgan fingerprint density at radius 2 is 1.85 bits per heavy atom. The Balaban J connectivity index is 1.70. The van der Waals surface area contributed by atoms with Crippen molar-refractivity contribution in [2.45, 2.75) is 13.5 Å². The van der Waals surface area contributed by atoms with Crippen LogP contribution in [0.2, 0.25) is 0 Å². The van der Waals surface area contributed by atoms with Crippen LogP contribution >= 0.6 is 0 Å². The first-order chi connectivity index (χ1) is 13.2. The average Bonchev–Trinajstić information content (AvgIpc) is 2.72. The first-order valence-electron chi connectivity index (χ1n) is 8.84. The predicted octanol–water partition coefficient (Wildman–Crippen LogP) is 4.54. The Kier molecular flexibility index (Phi) is 4.62. The fourth-order valence-electron chi connectivity index (χ4n) is 3.11. The van der Waals surface area contributed by atoms with Crippen molar-refractivity contribution < 1.29 is 4.79 Å². The minimum absolute atomic E-state index is 0.130. The van der Waals surface area contributed by atoms with Gasteiger partial charge in [0, 0.05) is 29.9 Å². The Bertz CT molecular complexity index is 1110. The van der Waals surface area contributed by atoms with Crippen molar-refractivity contribution in [2.24, 2.45) is 0 Å². The van der Waals surface area contributed by atoms with Gasteiger partial charge in [0.05, 0.1) is 16.8 Å². The maximum atomic E-state index is 12.9. The number of aromatic nitrogens is 2. The van der Waals surface area contributed by atoms with E-state index in [4.69, 9.17) is 4.98 Å². The number of carbonyl (C=O) groups is 1. The van der Waals surface area contributed by atoms with E-state index in [1.807, 2.05) is 67.6 Å². The topological polar surface area (TPSA) is 54.9 Å². The van der Waals surface area contributed by atoms with Gasteiger partial charge in [-0.1, -0.05) is 60.2 Å². The van der Waals surface area contributed by atoms with Gasteiger partial charge in [0.25, 0.3) is 5.91 Å². The van der Waals surface area contributed by atoms with Gasteiger partial charge in [0.1, 0.15) is 0 Å². The molecule has 132 valence electrons. The summed E-state index contributed by atoms with van der Waals surface area (Å²) in [6.45, 7) is 2.52. The summed E-state index contributed by atoms with van der Waals surface area (Å²) in [7, 11) is 0. The van der Waals surface area contributed by atoms with Crippen LogP contribution in [-0.4, -0.2) is 15.9 Å². The molecule has 4 aromatic rings. The second-order valence-corrected chi connectivity index (χ2v) is 6.49. The monoisotopic (exact) mass is 353 g/mol. The summed E-state index contributed by atoms with van der Waals surface area (Å²) in [5.74, 6) is -0.130. The fourth-order valence-corrected chi connectivity index (χ4v) is 3.11. The van der Waals surface area contributed by atoms with Gasteiger partial charge in [-0.2, -0.15) is 0 Å². The van der Waals surface area contributed by atoms with Crippen LogP contribution < -0.4 is 5.32 Å². The molecule has 0 fully saturated rings. The van der Waals surface area contributed by atoms with Crippen molar-refractivity contribution in [2.75, 3.05) is 0 Å². The lowest BCUT2D eigenvalue weighted by molar-refractivity contribution is 0.0952. The number of rotatable bonds is 4. The number of nitrogens with zero attached hydrogens (tertiary/aromatic N) is 2.